The lowest BCUT2D eigenvalue weighted by Crippen LogP contribution is -2.41. The van der Waals surface area contributed by atoms with Gasteiger partial charge in [0, 0.05) is 25.5 Å². The van der Waals surface area contributed by atoms with Gasteiger partial charge < -0.3 is 10.2 Å². The van der Waals surface area contributed by atoms with Crippen molar-refractivity contribution in [3.05, 3.63) is 28.7 Å². The van der Waals surface area contributed by atoms with Crippen LogP contribution in [0.5, 0.6) is 0 Å². The first-order valence-corrected chi connectivity index (χ1v) is 9.79. The standard InChI is InChI=1S/C18H26N6OS/c1-12-11-26-18(19-12)22-16-9-14(20-13(2)21-16)15-7-5-6-8-24(15)10-17(25)23(3)4/h9,11,15H,5-8,10H2,1-4H3,(H,19,20,21,22)/t15-/m1/s1. The number of likely N-dealkylation sites (tertiary alicyclic amines) is 1. The van der Waals surface area contributed by atoms with Gasteiger partial charge in [0.1, 0.15) is 11.6 Å². The van der Waals surface area contributed by atoms with E-state index in [1.54, 1.807) is 30.3 Å². The van der Waals surface area contributed by atoms with Crippen molar-refractivity contribution in [1.82, 2.24) is 24.8 Å². The topological polar surface area (TPSA) is 74.2 Å². The molecule has 0 aliphatic carbocycles. The van der Waals surface area contributed by atoms with Gasteiger partial charge in [-0.1, -0.05) is 6.42 Å². The van der Waals surface area contributed by atoms with Crippen LogP contribution in [0, 0.1) is 13.8 Å². The highest BCUT2D eigenvalue weighted by Gasteiger charge is 2.27. The second-order valence-corrected chi connectivity index (χ2v) is 7.77. The molecular weight excluding hydrogens is 348 g/mol. The van der Waals surface area contributed by atoms with Crippen LogP contribution < -0.4 is 5.32 Å². The maximum atomic E-state index is 12.2. The van der Waals surface area contributed by atoms with Crippen LogP contribution in [0.15, 0.2) is 11.4 Å². The molecule has 0 unspecified atom stereocenters. The zero-order chi connectivity index (χ0) is 18.7. The average molecular weight is 375 g/mol. The van der Waals surface area contributed by atoms with Crippen LogP contribution in [0.4, 0.5) is 10.9 Å². The highest BCUT2D eigenvalue weighted by molar-refractivity contribution is 7.13. The summed E-state index contributed by atoms with van der Waals surface area (Å²) in [6.07, 6.45) is 3.27. The smallest absolute Gasteiger partial charge is 0.236 e. The number of amides is 1. The number of carbonyl (C=O) groups excluding carboxylic acids is 1. The summed E-state index contributed by atoms with van der Waals surface area (Å²) in [5.41, 5.74) is 1.96. The molecular formula is C18H26N6OS. The predicted octanol–water partition coefficient (Wildman–Crippen LogP) is 2.91. The Morgan fingerprint density at radius 3 is 2.81 bits per heavy atom. The maximum Gasteiger partial charge on any atom is 0.236 e. The van der Waals surface area contributed by atoms with E-state index in [0.29, 0.717) is 6.54 Å². The summed E-state index contributed by atoms with van der Waals surface area (Å²) in [6, 6.07) is 2.14. The first kappa shape index (κ1) is 18.7. The Balaban J connectivity index is 1.82. The molecule has 140 valence electrons. The fraction of sp³-hybridized carbons (Fsp3) is 0.556. The first-order chi connectivity index (χ1) is 12.4. The van der Waals surface area contributed by atoms with Crippen LogP contribution in [-0.4, -0.2) is 57.8 Å². The lowest BCUT2D eigenvalue weighted by atomic mass is 9.99. The fourth-order valence-corrected chi connectivity index (χ4v) is 3.87. The molecule has 1 aliphatic heterocycles. The molecule has 3 rings (SSSR count). The zero-order valence-corrected chi connectivity index (χ0v) is 16.6. The van der Waals surface area contributed by atoms with E-state index in [2.05, 4.69) is 25.2 Å². The molecule has 2 aromatic heterocycles. The summed E-state index contributed by atoms with van der Waals surface area (Å²) in [4.78, 5) is 29.7. The minimum Gasteiger partial charge on any atom is -0.348 e. The summed E-state index contributed by atoms with van der Waals surface area (Å²) in [5, 5.41) is 6.12. The van der Waals surface area contributed by atoms with Crippen LogP contribution in [0.25, 0.3) is 0 Å². The van der Waals surface area contributed by atoms with Gasteiger partial charge in [-0.15, -0.1) is 11.3 Å². The lowest BCUT2D eigenvalue weighted by molar-refractivity contribution is -0.130. The normalized spacial score (nSPS) is 17.9. The van der Waals surface area contributed by atoms with Gasteiger partial charge in [-0.2, -0.15) is 0 Å². The maximum absolute atomic E-state index is 12.2. The second kappa shape index (κ2) is 8.09. The summed E-state index contributed by atoms with van der Waals surface area (Å²) in [5.74, 6) is 1.60. The van der Waals surface area contributed by atoms with E-state index in [1.165, 1.54) is 0 Å². The van der Waals surface area contributed by atoms with Crippen molar-refractivity contribution in [2.45, 2.75) is 39.2 Å². The van der Waals surface area contributed by atoms with E-state index in [1.807, 2.05) is 25.3 Å². The molecule has 0 bridgehead atoms. The highest BCUT2D eigenvalue weighted by Crippen LogP contribution is 2.31. The Kier molecular flexibility index (Phi) is 5.83. The van der Waals surface area contributed by atoms with Gasteiger partial charge in [0.15, 0.2) is 5.13 Å². The van der Waals surface area contributed by atoms with Crippen molar-refractivity contribution >= 4 is 28.2 Å². The average Bonchev–Trinajstić information content (AvgIpc) is 2.99. The Morgan fingerprint density at radius 1 is 1.31 bits per heavy atom. The minimum atomic E-state index is 0.124. The Morgan fingerprint density at radius 2 is 2.12 bits per heavy atom. The zero-order valence-electron chi connectivity index (χ0n) is 15.8. The molecule has 1 amide bonds. The summed E-state index contributed by atoms with van der Waals surface area (Å²) in [7, 11) is 3.60. The van der Waals surface area contributed by atoms with Gasteiger partial charge in [0.2, 0.25) is 5.91 Å². The van der Waals surface area contributed by atoms with E-state index in [0.717, 1.165) is 54.0 Å². The second-order valence-electron chi connectivity index (χ2n) is 6.91. The SMILES string of the molecule is Cc1csc(Nc2cc([C@H]3CCCCN3CC(=O)N(C)C)nc(C)n2)n1. The quantitative estimate of drug-likeness (QED) is 0.867. The van der Waals surface area contributed by atoms with E-state index in [4.69, 9.17) is 0 Å². The largest absolute Gasteiger partial charge is 0.348 e. The number of nitrogens with zero attached hydrogens (tertiary/aromatic N) is 5. The molecule has 1 N–H and O–H groups in total. The molecule has 1 atom stereocenters. The van der Waals surface area contributed by atoms with Gasteiger partial charge in [0.05, 0.1) is 24.0 Å². The molecule has 3 heterocycles. The summed E-state index contributed by atoms with van der Waals surface area (Å²) in [6.45, 7) is 5.22. The van der Waals surface area contributed by atoms with E-state index in [-0.39, 0.29) is 11.9 Å². The Hall–Kier alpha value is -2.06. The van der Waals surface area contributed by atoms with E-state index in [9.17, 15) is 4.79 Å². The molecule has 2 aromatic rings. The lowest BCUT2D eigenvalue weighted by Gasteiger charge is -2.35. The number of rotatable bonds is 5. The van der Waals surface area contributed by atoms with Crippen LogP contribution in [0.3, 0.4) is 0 Å². The van der Waals surface area contributed by atoms with Crippen LogP contribution >= 0.6 is 11.3 Å². The van der Waals surface area contributed by atoms with Crippen molar-refractivity contribution in [2.24, 2.45) is 0 Å². The van der Waals surface area contributed by atoms with Crippen molar-refractivity contribution in [2.75, 3.05) is 32.5 Å². The van der Waals surface area contributed by atoms with E-state index < -0.39 is 0 Å². The number of piperidine rings is 1. The molecule has 0 radical (unpaired) electrons. The third-order valence-electron chi connectivity index (χ3n) is 4.50. The number of likely N-dealkylation sites (N-methyl/N-ethyl adjacent to an activating group) is 1. The van der Waals surface area contributed by atoms with Crippen molar-refractivity contribution in [3.63, 3.8) is 0 Å². The molecule has 26 heavy (non-hydrogen) atoms. The van der Waals surface area contributed by atoms with Gasteiger partial charge in [-0.3, -0.25) is 9.69 Å². The van der Waals surface area contributed by atoms with Crippen LogP contribution in [0.1, 0.15) is 42.5 Å². The third kappa shape index (κ3) is 4.56. The highest BCUT2D eigenvalue weighted by atomic mass is 32.1. The third-order valence-corrected chi connectivity index (χ3v) is 5.38. The molecule has 0 spiro atoms. The number of aromatic nitrogens is 3. The Bertz CT molecular complexity index is 775. The summed E-state index contributed by atoms with van der Waals surface area (Å²) < 4.78 is 0. The number of anilines is 2. The molecule has 1 fully saturated rings. The molecule has 1 aliphatic rings. The van der Waals surface area contributed by atoms with Gasteiger partial charge in [-0.05, 0) is 33.2 Å². The van der Waals surface area contributed by atoms with Crippen LogP contribution in [-0.2, 0) is 4.79 Å². The molecule has 7 nitrogen and oxygen atoms in total. The van der Waals surface area contributed by atoms with E-state index >= 15 is 0 Å². The van der Waals surface area contributed by atoms with Gasteiger partial charge >= 0.3 is 0 Å². The number of aryl methyl sites for hydroxylation is 2. The van der Waals surface area contributed by atoms with Crippen molar-refractivity contribution in [1.29, 1.82) is 0 Å². The Labute approximate surface area is 158 Å². The molecule has 8 heteroatoms. The first-order valence-electron chi connectivity index (χ1n) is 8.91. The number of hydrogen-bond donors (Lipinski definition) is 1. The van der Waals surface area contributed by atoms with Crippen LogP contribution in [0.2, 0.25) is 0 Å². The van der Waals surface area contributed by atoms with Gasteiger partial charge in [0.25, 0.3) is 0 Å². The summed E-state index contributed by atoms with van der Waals surface area (Å²) >= 11 is 1.56. The van der Waals surface area contributed by atoms with Crippen molar-refractivity contribution in [3.8, 4) is 0 Å². The fourth-order valence-electron chi connectivity index (χ4n) is 3.18. The monoisotopic (exact) mass is 374 g/mol. The number of hydrogen-bond acceptors (Lipinski definition) is 7. The van der Waals surface area contributed by atoms with Gasteiger partial charge in [-0.25, -0.2) is 15.0 Å². The minimum absolute atomic E-state index is 0.124. The molecule has 0 aromatic carbocycles. The number of thiazole rings is 1. The number of carbonyl (C=O) groups is 1. The predicted molar refractivity (Wildman–Crippen MR) is 104 cm³/mol. The van der Waals surface area contributed by atoms with Crippen molar-refractivity contribution < 1.29 is 4.79 Å². The molecule has 1 saturated heterocycles. The molecule has 0 saturated carbocycles. The number of nitrogens with one attached hydrogen (secondary N) is 1.